The number of carbonyl (C=O) groups excluding carboxylic acids is 1. The van der Waals surface area contributed by atoms with Gasteiger partial charge >= 0.3 is 6.18 Å². The maximum absolute atomic E-state index is 14.0. The van der Waals surface area contributed by atoms with Gasteiger partial charge in [0.25, 0.3) is 5.91 Å². The lowest BCUT2D eigenvalue weighted by atomic mass is 10.1. The van der Waals surface area contributed by atoms with E-state index in [4.69, 9.17) is 0 Å². The van der Waals surface area contributed by atoms with Crippen LogP contribution in [0.15, 0.2) is 60.8 Å². The smallest absolute Gasteiger partial charge is 0.352 e. The van der Waals surface area contributed by atoms with E-state index in [0.717, 1.165) is 17.8 Å². The number of rotatable bonds is 5. The van der Waals surface area contributed by atoms with Crippen molar-refractivity contribution in [1.29, 1.82) is 0 Å². The average Bonchev–Trinajstić information content (AvgIpc) is 3.10. The molecule has 27 heavy (non-hydrogen) atoms. The second kappa shape index (κ2) is 7.61. The van der Waals surface area contributed by atoms with E-state index < -0.39 is 29.0 Å². The van der Waals surface area contributed by atoms with Gasteiger partial charge in [0.1, 0.15) is 5.82 Å². The first-order chi connectivity index (χ1) is 12.9. The van der Waals surface area contributed by atoms with Gasteiger partial charge < -0.3 is 5.32 Å². The molecule has 1 heterocycles. The molecular formula is C19H15F4N3O. The Morgan fingerprint density at radius 2 is 1.78 bits per heavy atom. The van der Waals surface area contributed by atoms with Crippen LogP contribution >= 0.6 is 0 Å². The Labute approximate surface area is 152 Å². The molecule has 0 atom stereocenters. The van der Waals surface area contributed by atoms with Crippen LogP contribution in [0.1, 0.15) is 21.6 Å². The van der Waals surface area contributed by atoms with Crippen LogP contribution in [0.5, 0.6) is 0 Å². The minimum absolute atomic E-state index is 0.111. The number of aromatic nitrogens is 2. The zero-order valence-electron chi connectivity index (χ0n) is 14.0. The summed E-state index contributed by atoms with van der Waals surface area (Å²) in [5, 5.41) is 6.78. The summed E-state index contributed by atoms with van der Waals surface area (Å²) in [5.74, 6) is -2.48. The molecule has 4 nitrogen and oxygen atoms in total. The largest absolute Gasteiger partial charge is 0.419 e. The Bertz CT molecular complexity index is 936. The van der Waals surface area contributed by atoms with E-state index in [0.29, 0.717) is 18.2 Å². The van der Waals surface area contributed by atoms with Crippen LogP contribution in [0, 0.1) is 5.82 Å². The number of nitrogens with zero attached hydrogens (tertiary/aromatic N) is 2. The molecule has 0 fully saturated rings. The highest BCUT2D eigenvalue weighted by Crippen LogP contribution is 2.32. The molecule has 0 bridgehead atoms. The van der Waals surface area contributed by atoms with Crippen molar-refractivity contribution in [3.8, 4) is 5.69 Å². The molecule has 1 aromatic heterocycles. The SMILES string of the molecule is O=C(NCCc1ccn(-c2ccccc2)n1)c1cccc(C(F)(F)F)c1F. The van der Waals surface area contributed by atoms with E-state index in [2.05, 4.69) is 10.4 Å². The Hall–Kier alpha value is -3.16. The van der Waals surface area contributed by atoms with Gasteiger partial charge in [0.2, 0.25) is 0 Å². The van der Waals surface area contributed by atoms with Crippen molar-refractivity contribution >= 4 is 5.91 Å². The van der Waals surface area contributed by atoms with Gasteiger partial charge in [-0.2, -0.15) is 18.3 Å². The van der Waals surface area contributed by atoms with Crippen molar-refractivity contribution in [3.63, 3.8) is 0 Å². The van der Waals surface area contributed by atoms with Crippen LogP contribution in [0.2, 0.25) is 0 Å². The maximum Gasteiger partial charge on any atom is 0.419 e. The summed E-state index contributed by atoms with van der Waals surface area (Å²) in [4.78, 5) is 12.0. The summed E-state index contributed by atoms with van der Waals surface area (Å²) < 4.78 is 53.8. The number of halogens is 4. The third-order valence-electron chi connectivity index (χ3n) is 3.88. The molecular weight excluding hydrogens is 362 g/mol. The maximum atomic E-state index is 14.0. The van der Waals surface area contributed by atoms with Crippen molar-refractivity contribution in [2.24, 2.45) is 0 Å². The number of benzene rings is 2. The van der Waals surface area contributed by atoms with Crippen molar-refractivity contribution in [1.82, 2.24) is 15.1 Å². The summed E-state index contributed by atoms with van der Waals surface area (Å²) in [5.41, 5.74) is -0.543. The fourth-order valence-electron chi connectivity index (χ4n) is 2.55. The fraction of sp³-hybridized carbons (Fsp3) is 0.158. The lowest BCUT2D eigenvalue weighted by Crippen LogP contribution is -2.27. The normalized spacial score (nSPS) is 11.4. The highest BCUT2D eigenvalue weighted by atomic mass is 19.4. The molecule has 0 radical (unpaired) electrons. The number of carbonyl (C=O) groups is 1. The topological polar surface area (TPSA) is 46.9 Å². The van der Waals surface area contributed by atoms with Gasteiger partial charge in [0, 0.05) is 19.2 Å². The van der Waals surface area contributed by atoms with Crippen molar-refractivity contribution in [2.45, 2.75) is 12.6 Å². The molecule has 2 aromatic carbocycles. The van der Waals surface area contributed by atoms with Gasteiger partial charge in [-0.3, -0.25) is 4.79 Å². The molecule has 3 aromatic rings. The molecule has 0 saturated carbocycles. The van der Waals surface area contributed by atoms with E-state index in [-0.39, 0.29) is 6.54 Å². The Balaban J connectivity index is 1.62. The molecule has 0 aliphatic heterocycles. The average molecular weight is 377 g/mol. The third kappa shape index (κ3) is 4.33. The van der Waals surface area contributed by atoms with Gasteiger partial charge in [-0.1, -0.05) is 24.3 Å². The summed E-state index contributed by atoms with van der Waals surface area (Å²) in [6, 6.07) is 13.8. The van der Waals surface area contributed by atoms with Crippen molar-refractivity contribution in [3.05, 3.63) is 83.4 Å². The highest BCUT2D eigenvalue weighted by molar-refractivity contribution is 5.94. The van der Waals surface area contributed by atoms with Crippen LogP contribution in [-0.4, -0.2) is 22.2 Å². The minimum Gasteiger partial charge on any atom is -0.352 e. The van der Waals surface area contributed by atoms with Gasteiger partial charge in [-0.05, 0) is 30.3 Å². The van der Waals surface area contributed by atoms with E-state index >= 15 is 0 Å². The molecule has 140 valence electrons. The summed E-state index contributed by atoms with van der Waals surface area (Å²) in [7, 11) is 0. The van der Waals surface area contributed by atoms with Crippen molar-refractivity contribution < 1.29 is 22.4 Å². The molecule has 0 aliphatic carbocycles. The van der Waals surface area contributed by atoms with Crippen LogP contribution in [-0.2, 0) is 12.6 Å². The molecule has 1 amide bonds. The van der Waals surface area contributed by atoms with Gasteiger partial charge in [-0.15, -0.1) is 0 Å². The number of nitrogens with one attached hydrogen (secondary N) is 1. The molecule has 0 spiro atoms. The molecule has 1 N–H and O–H groups in total. The number of alkyl halides is 3. The predicted molar refractivity (Wildman–Crippen MR) is 91.0 cm³/mol. The Kier molecular flexibility index (Phi) is 5.25. The second-order valence-electron chi connectivity index (χ2n) is 5.76. The van der Waals surface area contributed by atoms with E-state index in [1.807, 2.05) is 30.3 Å². The number of hydrogen-bond acceptors (Lipinski definition) is 2. The van der Waals surface area contributed by atoms with Gasteiger partial charge in [-0.25, -0.2) is 9.07 Å². The number of para-hydroxylation sites is 1. The summed E-state index contributed by atoms with van der Waals surface area (Å²) >= 11 is 0. The summed E-state index contributed by atoms with van der Waals surface area (Å²) in [6.07, 6.45) is -2.74. The summed E-state index contributed by atoms with van der Waals surface area (Å²) in [6.45, 7) is 0.111. The second-order valence-corrected chi connectivity index (χ2v) is 5.76. The molecule has 0 aliphatic rings. The van der Waals surface area contributed by atoms with E-state index in [1.54, 1.807) is 16.9 Å². The monoisotopic (exact) mass is 377 g/mol. The lowest BCUT2D eigenvalue weighted by molar-refractivity contribution is -0.140. The van der Waals surface area contributed by atoms with E-state index in [9.17, 15) is 22.4 Å². The zero-order valence-corrected chi connectivity index (χ0v) is 14.0. The highest BCUT2D eigenvalue weighted by Gasteiger charge is 2.35. The van der Waals surface area contributed by atoms with Crippen molar-refractivity contribution in [2.75, 3.05) is 6.54 Å². The third-order valence-corrected chi connectivity index (χ3v) is 3.88. The molecule has 3 rings (SSSR count). The molecule has 0 saturated heterocycles. The fourth-order valence-corrected chi connectivity index (χ4v) is 2.55. The van der Waals surface area contributed by atoms with Gasteiger partial charge in [0.05, 0.1) is 22.5 Å². The molecule has 0 unspecified atom stereocenters. The first-order valence-electron chi connectivity index (χ1n) is 8.10. The van der Waals surface area contributed by atoms with Crippen LogP contribution in [0.25, 0.3) is 5.69 Å². The standard InChI is InChI=1S/C19H15F4N3O/c20-17-15(7-4-8-16(17)19(21,22)23)18(27)24-11-9-13-10-12-26(25-13)14-5-2-1-3-6-14/h1-8,10,12H,9,11H2,(H,24,27). The predicted octanol–water partition coefficient (Wildman–Crippen LogP) is 4.00. The zero-order chi connectivity index (χ0) is 19.4. The first kappa shape index (κ1) is 18.6. The minimum atomic E-state index is -4.86. The lowest BCUT2D eigenvalue weighted by Gasteiger charge is -2.11. The Morgan fingerprint density at radius 3 is 2.48 bits per heavy atom. The van der Waals surface area contributed by atoms with Crippen LogP contribution in [0.3, 0.4) is 0 Å². The van der Waals surface area contributed by atoms with Gasteiger partial charge in [0.15, 0.2) is 0 Å². The van der Waals surface area contributed by atoms with Crippen LogP contribution in [0.4, 0.5) is 17.6 Å². The Morgan fingerprint density at radius 1 is 1.04 bits per heavy atom. The quantitative estimate of drug-likeness (QED) is 0.683. The van der Waals surface area contributed by atoms with Crippen LogP contribution < -0.4 is 5.32 Å². The molecule has 8 heteroatoms. The number of amides is 1. The number of hydrogen-bond donors (Lipinski definition) is 1. The first-order valence-corrected chi connectivity index (χ1v) is 8.10. The van der Waals surface area contributed by atoms with E-state index in [1.165, 1.54) is 0 Å².